The lowest BCUT2D eigenvalue weighted by Gasteiger charge is -2.02. The monoisotopic (exact) mass is 163 g/mol. The van der Waals surface area contributed by atoms with E-state index >= 15 is 0 Å². The third kappa shape index (κ3) is 2.09. The molecule has 1 aromatic heterocycles. The number of hydrogen-bond acceptors (Lipinski definition) is 2. The van der Waals surface area contributed by atoms with Gasteiger partial charge in [0, 0.05) is 18.7 Å². The lowest BCUT2D eigenvalue weighted by molar-refractivity contribution is 0.532. The number of hydrogen-bond donors (Lipinski definition) is 0. The van der Waals surface area contributed by atoms with Crippen molar-refractivity contribution in [3.8, 4) is 6.07 Å². The Kier molecular flexibility index (Phi) is 2.87. The summed E-state index contributed by atoms with van der Waals surface area (Å²) in [4.78, 5) is 0. The largest absolute Gasteiger partial charge is 0.270 e. The highest BCUT2D eigenvalue weighted by Crippen LogP contribution is 2.06. The summed E-state index contributed by atoms with van der Waals surface area (Å²) >= 11 is 0. The summed E-state index contributed by atoms with van der Waals surface area (Å²) in [6, 6.07) is 2.52. The molecule has 0 bridgehead atoms. The smallest absolute Gasteiger partial charge is 0.0625 e. The Morgan fingerprint density at radius 2 is 2.42 bits per heavy atom. The van der Waals surface area contributed by atoms with Gasteiger partial charge in [0.1, 0.15) is 0 Å². The molecule has 12 heavy (non-hydrogen) atoms. The Balaban J connectivity index is 2.59. The van der Waals surface area contributed by atoms with Gasteiger partial charge in [-0.15, -0.1) is 0 Å². The first-order valence-electron chi connectivity index (χ1n) is 4.14. The van der Waals surface area contributed by atoms with E-state index in [1.54, 1.807) is 0 Å². The number of nitriles is 1. The van der Waals surface area contributed by atoms with Gasteiger partial charge in [-0.25, -0.2) is 0 Å². The predicted octanol–water partition coefficient (Wildman–Crippen LogP) is 1.92. The van der Waals surface area contributed by atoms with Crippen LogP contribution in [-0.2, 0) is 6.42 Å². The molecule has 0 aliphatic rings. The van der Waals surface area contributed by atoms with Crippen LogP contribution in [0.4, 0.5) is 0 Å². The molecular weight excluding hydrogens is 150 g/mol. The first kappa shape index (κ1) is 8.79. The summed E-state index contributed by atoms with van der Waals surface area (Å²) in [6.45, 7) is 4.17. The van der Waals surface area contributed by atoms with Crippen molar-refractivity contribution >= 4 is 0 Å². The molecule has 0 spiro atoms. The van der Waals surface area contributed by atoms with E-state index in [1.807, 2.05) is 17.1 Å². The number of rotatable bonds is 3. The Bertz CT molecular complexity index is 280. The zero-order chi connectivity index (χ0) is 8.97. The van der Waals surface area contributed by atoms with Crippen LogP contribution in [0.2, 0.25) is 0 Å². The molecule has 64 valence electrons. The van der Waals surface area contributed by atoms with Gasteiger partial charge in [0.2, 0.25) is 0 Å². The zero-order valence-electron chi connectivity index (χ0n) is 7.49. The highest BCUT2D eigenvalue weighted by molar-refractivity contribution is 5.05. The van der Waals surface area contributed by atoms with Gasteiger partial charge < -0.3 is 0 Å². The quantitative estimate of drug-likeness (QED) is 0.683. The summed E-state index contributed by atoms with van der Waals surface area (Å²) in [7, 11) is 0. The lowest BCUT2D eigenvalue weighted by atomic mass is 10.2. The van der Waals surface area contributed by atoms with Crippen molar-refractivity contribution in [2.24, 2.45) is 0 Å². The van der Waals surface area contributed by atoms with Crippen LogP contribution in [0.3, 0.4) is 0 Å². The molecule has 1 aromatic rings. The van der Waals surface area contributed by atoms with E-state index < -0.39 is 0 Å². The molecular formula is C9H13N3. The predicted molar refractivity (Wildman–Crippen MR) is 46.5 cm³/mol. The fourth-order valence-corrected chi connectivity index (χ4v) is 0.989. The Morgan fingerprint density at radius 1 is 1.67 bits per heavy atom. The molecule has 1 rings (SSSR count). The summed E-state index contributed by atoms with van der Waals surface area (Å²) in [6.07, 6.45) is 5.21. The summed E-state index contributed by atoms with van der Waals surface area (Å²) < 4.78 is 1.91. The highest BCUT2D eigenvalue weighted by atomic mass is 15.3. The Morgan fingerprint density at radius 3 is 2.92 bits per heavy atom. The number of aromatic nitrogens is 2. The molecule has 0 radical (unpaired) electrons. The minimum Gasteiger partial charge on any atom is -0.270 e. The fraction of sp³-hybridized carbons (Fsp3) is 0.556. The van der Waals surface area contributed by atoms with Crippen LogP contribution in [0.15, 0.2) is 12.4 Å². The molecule has 0 aromatic carbocycles. The van der Waals surface area contributed by atoms with E-state index in [9.17, 15) is 0 Å². The van der Waals surface area contributed by atoms with Crippen LogP contribution in [0.25, 0.3) is 0 Å². The van der Waals surface area contributed by atoms with E-state index in [-0.39, 0.29) is 0 Å². The average Bonchev–Trinajstić information content (AvgIpc) is 2.48. The Labute approximate surface area is 72.6 Å². The van der Waals surface area contributed by atoms with Crippen molar-refractivity contribution in [1.29, 1.82) is 5.26 Å². The first-order chi connectivity index (χ1) is 5.74. The van der Waals surface area contributed by atoms with Crippen LogP contribution < -0.4 is 0 Å². The van der Waals surface area contributed by atoms with Gasteiger partial charge in [-0.3, -0.25) is 4.68 Å². The molecule has 3 nitrogen and oxygen atoms in total. The van der Waals surface area contributed by atoms with Gasteiger partial charge in [-0.1, -0.05) is 0 Å². The van der Waals surface area contributed by atoms with Crippen molar-refractivity contribution in [3.05, 3.63) is 18.0 Å². The van der Waals surface area contributed by atoms with E-state index in [1.165, 1.54) is 0 Å². The van der Waals surface area contributed by atoms with Crippen LogP contribution >= 0.6 is 0 Å². The van der Waals surface area contributed by atoms with Crippen LogP contribution in [-0.4, -0.2) is 9.78 Å². The third-order valence-electron chi connectivity index (χ3n) is 1.71. The minimum absolute atomic E-state index is 0.404. The molecule has 0 amide bonds. The summed E-state index contributed by atoms with van der Waals surface area (Å²) in [5, 5.41) is 12.5. The van der Waals surface area contributed by atoms with Crippen molar-refractivity contribution in [1.82, 2.24) is 9.78 Å². The third-order valence-corrected chi connectivity index (χ3v) is 1.71. The van der Waals surface area contributed by atoms with E-state index in [0.29, 0.717) is 12.5 Å². The molecule has 1 heterocycles. The zero-order valence-corrected chi connectivity index (χ0v) is 7.49. The summed E-state index contributed by atoms with van der Waals surface area (Å²) in [5.41, 5.74) is 1.14. The second-order valence-electron chi connectivity index (χ2n) is 3.08. The topological polar surface area (TPSA) is 41.6 Å². The van der Waals surface area contributed by atoms with Crippen LogP contribution in [0.1, 0.15) is 31.9 Å². The maximum Gasteiger partial charge on any atom is 0.0625 e. The Hall–Kier alpha value is -1.30. The van der Waals surface area contributed by atoms with Crippen LogP contribution in [0, 0.1) is 11.3 Å². The van der Waals surface area contributed by atoms with Gasteiger partial charge in [0.25, 0.3) is 0 Å². The molecule has 3 heteroatoms. The maximum atomic E-state index is 8.37. The van der Waals surface area contributed by atoms with Gasteiger partial charge >= 0.3 is 0 Å². The molecule has 0 unspecified atom stereocenters. The van der Waals surface area contributed by atoms with Gasteiger partial charge in [-0.2, -0.15) is 10.4 Å². The van der Waals surface area contributed by atoms with Crippen LogP contribution in [0.5, 0.6) is 0 Å². The molecule has 0 saturated carbocycles. The van der Waals surface area contributed by atoms with Crippen molar-refractivity contribution in [2.45, 2.75) is 32.7 Å². The average molecular weight is 163 g/mol. The SMILES string of the molecule is CC(C)n1cc(CCC#N)cn1. The van der Waals surface area contributed by atoms with Crippen molar-refractivity contribution in [3.63, 3.8) is 0 Å². The highest BCUT2D eigenvalue weighted by Gasteiger charge is 2.00. The van der Waals surface area contributed by atoms with Gasteiger partial charge in [0.05, 0.1) is 12.3 Å². The second-order valence-corrected chi connectivity index (χ2v) is 3.08. The molecule has 0 aliphatic carbocycles. The minimum atomic E-state index is 0.404. The summed E-state index contributed by atoms with van der Waals surface area (Å²) in [5.74, 6) is 0. The second kappa shape index (κ2) is 3.91. The van der Waals surface area contributed by atoms with E-state index in [4.69, 9.17) is 5.26 Å². The molecule has 0 N–H and O–H groups in total. The van der Waals surface area contributed by atoms with Gasteiger partial charge in [0.15, 0.2) is 0 Å². The van der Waals surface area contributed by atoms with Gasteiger partial charge in [-0.05, 0) is 25.8 Å². The van der Waals surface area contributed by atoms with E-state index in [0.717, 1.165) is 12.0 Å². The maximum absolute atomic E-state index is 8.37. The van der Waals surface area contributed by atoms with E-state index in [2.05, 4.69) is 25.0 Å². The molecule has 0 fully saturated rings. The number of aryl methyl sites for hydroxylation is 1. The van der Waals surface area contributed by atoms with Crippen molar-refractivity contribution < 1.29 is 0 Å². The van der Waals surface area contributed by atoms with Crippen molar-refractivity contribution in [2.75, 3.05) is 0 Å². The molecule has 0 aliphatic heterocycles. The standard InChI is InChI=1S/C9H13N3/c1-8(2)12-7-9(6-11-12)4-3-5-10/h6-8H,3-4H2,1-2H3. The molecule has 0 saturated heterocycles. The fourth-order valence-electron chi connectivity index (χ4n) is 0.989. The molecule has 0 atom stereocenters. The lowest BCUT2D eigenvalue weighted by Crippen LogP contribution is -1.99. The number of nitrogens with zero attached hydrogens (tertiary/aromatic N) is 3. The first-order valence-corrected chi connectivity index (χ1v) is 4.14. The normalized spacial score (nSPS) is 10.2.